The highest BCUT2D eigenvalue weighted by molar-refractivity contribution is 5.97. The quantitative estimate of drug-likeness (QED) is 0.374. The molecule has 1 aliphatic rings. The van der Waals surface area contributed by atoms with Crippen LogP contribution in [-0.2, 0) is 11.3 Å². The van der Waals surface area contributed by atoms with Crippen LogP contribution in [0.2, 0.25) is 0 Å². The molecule has 190 valence electrons. The zero-order valence-corrected chi connectivity index (χ0v) is 22.1. The lowest BCUT2D eigenvalue weighted by Crippen LogP contribution is -2.38. The average molecular weight is 498 g/mol. The van der Waals surface area contributed by atoms with Crippen LogP contribution in [0.25, 0.3) is 5.95 Å². The fourth-order valence-electron chi connectivity index (χ4n) is 5.05. The molecule has 0 spiro atoms. The summed E-state index contributed by atoms with van der Waals surface area (Å²) in [6, 6.07) is 15.9. The molecule has 1 amide bonds. The van der Waals surface area contributed by atoms with E-state index < -0.39 is 0 Å². The van der Waals surface area contributed by atoms with Crippen LogP contribution in [0.5, 0.6) is 11.5 Å². The Bertz CT molecular complexity index is 1460. The number of aryl methyl sites for hydroxylation is 4. The molecule has 0 fully saturated rings. The average Bonchev–Trinajstić information content (AvgIpc) is 3.23. The van der Waals surface area contributed by atoms with E-state index in [9.17, 15) is 4.79 Å². The standard InChI is InChI=1S/C29H31N5O3/c1-17-7-9-21(10-8-17)16-33-26(35)15-24(23-12-11-22(36-5)14-25(23)37-6)27-20(4)32-34(28(27)33)29-30-18(2)13-19(3)31-29/h7-14,24H,15-16H2,1-6H3/t24-/m0/s1. The first kappa shape index (κ1) is 24.5. The van der Waals surface area contributed by atoms with Crippen molar-refractivity contribution in [2.45, 2.75) is 46.6 Å². The molecule has 0 unspecified atom stereocenters. The van der Waals surface area contributed by atoms with Crippen molar-refractivity contribution in [1.29, 1.82) is 0 Å². The molecular weight excluding hydrogens is 466 g/mol. The van der Waals surface area contributed by atoms with Gasteiger partial charge in [-0.15, -0.1) is 0 Å². The number of nitrogens with zero attached hydrogens (tertiary/aromatic N) is 5. The summed E-state index contributed by atoms with van der Waals surface area (Å²) in [7, 11) is 3.25. The molecular formula is C29H31N5O3. The maximum absolute atomic E-state index is 13.8. The minimum Gasteiger partial charge on any atom is -0.497 e. The monoisotopic (exact) mass is 497 g/mol. The van der Waals surface area contributed by atoms with Crippen LogP contribution in [0.4, 0.5) is 5.82 Å². The summed E-state index contributed by atoms with van der Waals surface area (Å²) < 4.78 is 12.9. The van der Waals surface area contributed by atoms with Crippen LogP contribution in [0.15, 0.2) is 48.5 Å². The number of carbonyl (C=O) groups excluding carboxylic acids is 1. The first-order chi connectivity index (χ1) is 17.8. The van der Waals surface area contributed by atoms with Gasteiger partial charge in [0.25, 0.3) is 5.95 Å². The predicted molar refractivity (Wildman–Crippen MR) is 142 cm³/mol. The number of anilines is 1. The van der Waals surface area contributed by atoms with E-state index >= 15 is 0 Å². The van der Waals surface area contributed by atoms with Crippen LogP contribution in [-0.4, -0.2) is 39.9 Å². The summed E-state index contributed by atoms with van der Waals surface area (Å²) in [5.41, 5.74) is 6.59. The van der Waals surface area contributed by atoms with E-state index in [4.69, 9.17) is 14.6 Å². The Kier molecular flexibility index (Phi) is 6.41. The number of amides is 1. The lowest BCUT2D eigenvalue weighted by Gasteiger charge is -2.33. The highest BCUT2D eigenvalue weighted by atomic mass is 16.5. The van der Waals surface area contributed by atoms with Gasteiger partial charge in [0.05, 0.1) is 26.5 Å². The maximum Gasteiger partial charge on any atom is 0.252 e. The lowest BCUT2D eigenvalue weighted by molar-refractivity contribution is -0.119. The van der Waals surface area contributed by atoms with E-state index in [-0.39, 0.29) is 11.8 Å². The molecule has 5 rings (SSSR count). The van der Waals surface area contributed by atoms with Crippen molar-refractivity contribution in [1.82, 2.24) is 19.7 Å². The van der Waals surface area contributed by atoms with Crippen LogP contribution < -0.4 is 14.4 Å². The number of fused-ring (bicyclic) bond motifs is 1. The zero-order valence-electron chi connectivity index (χ0n) is 22.1. The van der Waals surface area contributed by atoms with E-state index in [1.54, 1.807) is 18.9 Å². The van der Waals surface area contributed by atoms with Gasteiger partial charge in [-0.05, 0) is 45.4 Å². The third-order valence-corrected chi connectivity index (χ3v) is 6.80. The fourth-order valence-corrected chi connectivity index (χ4v) is 5.05. The Morgan fingerprint density at radius 1 is 0.919 bits per heavy atom. The molecule has 2 aromatic heterocycles. The van der Waals surface area contributed by atoms with E-state index in [1.807, 2.05) is 49.9 Å². The number of carbonyl (C=O) groups is 1. The molecule has 37 heavy (non-hydrogen) atoms. The molecule has 2 aromatic carbocycles. The molecule has 0 N–H and O–H groups in total. The molecule has 0 aliphatic carbocycles. The van der Waals surface area contributed by atoms with E-state index in [2.05, 4.69) is 41.2 Å². The topological polar surface area (TPSA) is 82.4 Å². The summed E-state index contributed by atoms with van der Waals surface area (Å²) >= 11 is 0. The van der Waals surface area contributed by atoms with Crippen LogP contribution in [0, 0.1) is 27.7 Å². The number of aromatic nitrogens is 4. The van der Waals surface area contributed by atoms with Gasteiger partial charge >= 0.3 is 0 Å². The van der Waals surface area contributed by atoms with Gasteiger partial charge in [0.15, 0.2) is 0 Å². The largest absolute Gasteiger partial charge is 0.497 e. The van der Waals surface area contributed by atoms with Crippen molar-refractivity contribution in [2.24, 2.45) is 0 Å². The summed E-state index contributed by atoms with van der Waals surface area (Å²) in [6.45, 7) is 8.31. The van der Waals surface area contributed by atoms with Gasteiger partial charge < -0.3 is 9.47 Å². The predicted octanol–water partition coefficient (Wildman–Crippen LogP) is 4.98. The Morgan fingerprint density at radius 3 is 2.27 bits per heavy atom. The Morgan fingerprint density at radius 2 is 1.62 bits per heavy atom. The summed E-state index contributed by atoms with van der Waals surface area (Å²) in [5, 5.41) is 4.88. The lowest BCUT2D eigenvalue weighted by atomic mass is 9.84. The van der Waals surface area contributed by atoms with Gasteiger partial charge in [-0.2, -0.15) is 9.78 Å². The molecule has 0 bridgehead atoms. The molecule has 8 heteroatoms. The Hall–Kier alpha value is -4.20. The highest BCUT2D eigenvalue weighted by Crippen LogP contribution is 2.46. The van der Waals surface area contributed by atoms with E-state index in [0.717, 1.165) is 33.8 Å². The Labute approximate surface area is 216 Å². The number of ether oxygens (including phenoxy) is 2. The zero-order chi connectivity index (χ0) is 26.3. The SMILES string of the molecule is COc1ccc([C@@H]2CC(=O)N(Cc3ccc(C)cc3)c3c2c(C)nn3-c2nc(C)cc(C)n2)c(OC)c1. The van der Waals surface area contributed by atoms with Crippen LogP contribution in [0.1, 0.15) is 51.7 Å². The smallest absolute Gasteiger partial charge is 0.252 e. The minimum absolute atomic E-state index is 0.00136. The fraction of sp³-hybridized carbons (Fsp3) is 0.310. The highest BCUT2D eigenvalue weighted by Gasteiger charge is 2.39. The van der Waals surface area contributed by atoms with Gasteiger partial charge in [0.1, 0.15) is 17.3 Å². The number of hydrogen-bond acceptors (Lipinski definition) is 6. The first-order valence-corrected chi connectivity index (χ1v) is 12.3. The second-order valence-corrected chi connectivity index (χ2v) is 9.52. The number of benzene rings is 2. The molecule has 0 radical (unpaired) electrons. The summed E-state index contributed by atoms with van der Waals surface area (Å²) in [4.78, 5) is 25.0. The van der Waals surface area contributed by atoms with Crippen molar-refractivity contribution >= 4 is 11.7 Å². The van der Waals surface area contributed by atoms with Gasteiger partial charge in [0, 0.05) is 40.9 Å². The summed E-state index contributed by atoms with van der Waals surface area (Å²) in [6.07, 6.45) is 0.293. The number of methoxy groups -OCH3 is 2. The van der Waals surface area contributed by atoms with Crippen molar-refractivity contribution in [3.63, 3.8) is 0 Å². The molecule has 0 saturated carbocycles. The van der Waals surface area contributed by atoms with Crippen LogP contribution >= 0.6 is 0 Å². The van der Waals surface area contributed by atoms with Crippen molar-refractivity contribution < 1.29 is 14.3 Å². The number of rotatable bonds is 6. The molecule has 4 aromatic rings. The molecule has 8 nitrogen and oxygen atoms in total. The van der Waals surface area contributed by atoms with Gasteiger partial charge in [-0.3, -0.25) is 9.69 Å². The molecule has 0 saturated heterocycles. The van der Waals surface area contributed by atoms with E-state index in [1.165, 1.54) is 5.56 Å². The molecule has 1 atom stereocenters. The third kappa shape index (κ3) is 4.55. The molecule has 1 aliphatic heterocycles. The van der Waals surface area contributed by atoms with Gasteiger partial charge in [-0.25, -0.2) is 9.97 Å². The second kappa shape index (κ2) is 9.69. The normalized spacial score (nSPS) is 15.0. The first-order valence-electron chi connectivity index (χ1n) is 12.3. The maximum atomic E-state index is 13.8. The van der Waals surface area contributed by atoms with E-state index in [0.29, 0.717) is 36.2 Å². The van der Waals surface area contributed by atoms with Crippen LogP contribution in [0.3, 0.4) is 0 Å². The minimum atomic E-state index is -0.239. The van der Waals surface area contributed by atoms with Gasteiger partial charge in [0.2, 0.25) is 5.91 Å². The summed E-state index contributed by atoms with van der Waals surface area (Å²) in [5.74, 6) is 2.27. The Balaban J connectivity index is 1.71. The van der Waals surface area contributed by atoms with Crippen molar-refractivity contribution in [3.05, 3.63) is 87.9 Å². The van der Waals surface area contributed by atoms with Crippen molar-refractivity contribution in [2.75, 3.05) is 19.1 Å². The van der Waals surface area contributed by atoms with Crippen molar-refractivity contribution in [3.8, 4) is 17.4 Å². The van der Waals surface area contributed by atoms with Gasteiger partial charge in [-0.1, -0.05) is 35.9 Å². The number of hydrogen-bond donors (Lipinski definition) is 0. The third-order valence-electron chi connectivity index (χ3n) is 6.80. The second-order valence-electron chi connectivity index (χ2n) is 9.52. The molecule has 3 heterocycles.